The summed E-state index contributed by atoms with van der Waals surface area (Å²) in [4.78, 5) is 0. The highest BCUT2D eigenvalue weighted by Gasteiger charge is 2.09. The first-order chi connectivity index (χ1) is 10.9. The molecule has 0 saturated carbocycles. The van der Waals surface area contributed by atoms with Crippen molar-refractivity contribution >= 4 is 17.1 Å². The number of hydrogen-bond acceptors (Lipinski definition) is 3. The van der Waals surface area contributed by atoms with Crippen molar-refractivity contribution in [2.75, 3.05) is 10.4 Å². The highest BCUT2D eigenvalue weighted by atomic mass is 15.5. The average Bonchev–Trinajstić information content (AvgIpc) is 2.61. The minimum Gasteiger partial charge on any atom is -0.294 e. The van der Waals surface area contributed by atoms with Crippen molar-refractivity contribution in [1.29, 1.82) is 5.26 Å². The Morgan fingerprint density at radius 1 is 0.682 bits per heavy atom. The van der Waals surface area contributed by atoms with E-state index in [1.54, 1.807) is 0 Å². The van der Waals surface area contributed by atoms with Crippen LogP contribution in [0.15, 0.2) is 84.9 Å². The Balaban J connectivity index is 1.97. The summed E-state index contributed by atoms with van der Waals surface area (Å²) in [6.45, 7) is 0. The lowest BCUT2D eigenvalue weighted by Crippen LogP contribution is -2.24. The number of para-hydroxylation sites is 2. The second-order valence-corrected chi connectivity index (χ2v) is 4.81. The zero-order valence-corrected chi connectivity index (χ0v) is 12.0. The molecule has 0 bridgehead atoms. The fourth-order valence-corrected chi connectivity index (χ4v) is 2.18. The molecule has 0 spiro atoms. The molecule has 0 heterocycles. The molecule has 0 unspecified atom stereocenters. The molecule has 3 heteroatoms. The lowest BCUT2D eigenvalue weighted by Gasteiger charge is -2.26. The third-order valence-electron chi connectivity index (χ3n) is 3.28. The van der Waals surface area contributed by atoms with Gasteiger partial charge in [0.15, 0.2) is 0 Å². The predicted molar refractivity (Wildman–Crippen MR) is 89.8 cm³/mol. The molecule has 1 N–H and O–H groups in total. The highest BCUT2D eigenvalue weighted by Crippen LogP contribution is 2.26. The number of nitriles is 1. The molecule has 3 rings (SSSR count). The zero-order chi connectivity index (χ0) is 15.2. The van der Waals surface area contributed by atoms with E-state index in [1.165, 1.54) is 0 Å². The molecule has 0 aromatic heterocycles. The summed E-state index contributed by atoms with van der Waals surface area (Å²) >= 11 is 0. The van der Waals surface area contributed by atoms with Gasteiger partial charge in [-0.25, -0.2) is 0 Å². The number of nitrogens with one attached hydrogen (secondary N) is 1. The van der Waals surface area contributed by atoms with E-state index in [9.17, 15) is 0 Å². The molecule has 3 aromatic rings. The van der Waals surface area contributed by atoms with Crippen LogP contribution in [0.5, 0.6) is 0 Å². The largest absolute Gasteiger partial charge is 0.294 e. The molecule has 22 heavy (non-hydrogen) atoms. The van der Waals surface area contributed by atoms with Gasteiger partial charge in [0.2, 0.25) is 0 Å². The van der Waals surface area contributed by atoms with Crippen LogP contribution in [0.2, 0.25) is 0 Å². The molecule has 3 nitrogen and oxygen atoms in total. The van der Waals surface area contributed by atoms with E-state index in [4.69, 9.17) is 5.26 Å². The fourth-order valence-electron chi connectivity index (χ4n) is 2.18. The molecular weight excluding hydrogens is 270 g/mol. The molecule has 0 saturated heterocycles. The maximum absolute atomic E-state index is 8.94. The number of nitrogens with zero attached hydrogens (tertiary/aromatic N) is 2. The van der Waals surface area contributed by atoms with Crippen molar-refractivity contribution in [3.63, 3.8) is 0 Å². The Hall–Kier alpha value is -3.25. The minimum absolute atomic E-state index is 0.650. The van der Waals surface area contributed by atoms with Crippen LogP contribution < -0.4 is 10.4 Å². The van der Waals surface area contributed by atoms with Gasteiger partial charge in [-0.2, -0.15) is 5.26 Å². The second kappa shape index (κ2) is 6.47. The molecule has 0 fully saturated rings. The smallest absolute Gasteiger partial charge is 0.0991 e. The van der Waals surface area contributed by atoms with E-state index in [2.05, 4.69) is 11.5 Å². The maximum Gasteiger partial charge on any atom is 0.0991 e. The van der Waals surface area contributed by atoms with Crippen LogP contribution in [0.1, 0.15) is 5.56 Å². The first kappa shape index (κ1) is 13.7. The van der Waals surface area contributed by atoms with Crippen molar-refractivity contribution in [3.8, 4) is 6.07 Å². The van der Waals surface area contributed by atoms with E-state index >= 15 is 0 Å². The van der Waals surface area contributed by atoms with Gasteiger partial charge >= 0.3 is 0 Å². The van der Waals surface area contributed by atoms with Gasteiger partial charge < -0.3 is 0 Å². The number of rotatable bonds is 4. The Labute approximate surface area is 130 Å². The molecule has 0 aliphatic carbocycles. The van der Waals surface area contributed by atoms with Crippen LogP contribution in [0.4, 0.5) is 17.1 Å². The second-order valence-electron chi connectivity index (χ2n) is 4.81. The van der Waals surface area contributed by atoms with Crippen LogP contribution >= 0.6 is 0 Å². The summed E-state index contributed by atoms with van der Waals surface area (Å²) in [6.07, 6.45) is 0. The molecule has 0 aliphatic rings. The van der Waals surface area contributed by atoms with Crippen LogP contribution in [-0.4, -0.2) is 0 Å². The Bertz CT molecular complexity index is 759. The van der Waals surface area contributed by atoms with E-state index in [0.717, 1.165) is 17.1 Å². The monoisotopic (exact) mass is 285 g/mol. The third-order valence-corrected chi connectivity index (χ3v) is 3.28. The first-order valence-corrected chi connectivity index (χ1v) is 7.04. The van der Waals surface area contributed by atoms with Crippen LogP contribution in [0.25, 0.3) is 0 Å². The lowest BCUT2D eigenvalue weighted by molar-refractivity contribution is 1.16. The van der Waals surface area contributed by atoms with Crippen molar-refractivity contribution in [3.05, 3.63) is 90.5 Å². The zero-order valence-electron chi connectivity index (χ0n) is 12.0. The molecular formula is C19H15N3. The number of hydrazine groups is 1. The topological polar surface area (TPSA) is 39.1 Å². The van der Waals surface area contributed by atoms with Gasteiger partial charge in [0.25, 0.3) is 0 Å². The van der Waals surface area contributed by atoms with Crippen molar-refractivity contribution in [1.82, 2.24) is 0 Å². The number of hydrogen-bond donors (Lipinski definition) is 1. The van der Waals surface area contributed by atoms with Crippen LogP contribution in [-0.2, 0) is 0 Å². The number of anilines is 3. The standard InChI is InChI=1S/C19H15N3/c20-15-16-11-13-19(14-12-16)22(18-9-5-2-6-10-18)21-17-7-3-1-4-8-17/h1-14,21H. The Morgan fingerprint density at radius 3 is 1.82 bits per heavy atom. The van der Waals surface area contributed by atoms with Crippen molar-refractivity contribution in [2.24, 2.45) is 0 Å². The first-order valence-electron chi connectivity index (χ1n) is 7.04. The third kappa shape index (κ3) is 3.08. The van der Waals surface area contributed by atoms with E-state index in [0.29, 0.717) is 5.56 Å². The van der Waals surface area contributed by atoms with Gasteiger partial charge in [-0.15, -0.1) is 0 Å². The van der Waals surface area contributed by atoms with Crippen molar-refractivity contribution in [2.45, 2.75) is 0 Å². The highest BCUT2D eigenvalue weighted by molar-refractivity contribution is 5.68. The molecule has 0 aliphatic heterocycles. The lowest BCUT2D eigenvalue weighted by atomic mass is 10.2. The summed E-state index contributed by atoms with van der Waals surface area (Å²) in [7, 11) is 0. The predicted octanol–water partition coefficient (Wildman–Crippen LogP) is 4.72. The summed E-state index contributed by atoms with van der Waals surface area (Å²) in [6, 6.07) is 29.7. The van der Waals surface area contributed by atoms with Gasteiger partial charge in [0.05, 0.1) is 28.7 Å². The maximum atomic E-state index is 8.94. The average molecular weight is 285 g/mol. The molecule has 3 aromatic carbocycles. The van der Waals surface area contributed by atoms with Crippen molar-refractivity contribution < 1.29 is 0 Å². The normalized spacial score (nSPS) is 9.77. The molecule has 0 radical (unpaired) electrons. The summed E-state index contributed by atoms with van der Waals surface area (Å²) in [5.74, 6) is 0. The van der Waals surface area contributed by atoms with E-state index in [-0.39, 0.29) is 0 Å². The van der Waals surface area contributed by atoms with Crippen LogP contribution in [0.3, 0.4) is 0 Å². The minimum atomic E-state index is 0.650. The Morgan fingerprint density at radius 2 is 1.23 bits per heavy atom. The van der Waals surface area contributed by atoms with Gasteiger partial charge in [0.1, 0.15) is 0 Å². The summed E-state index contributed by atoms with van der Waals surface area (Å²) in [5, 5.41) is 10.9. The van der Waals surface area contributed by atoms with Gasteiger partial charge in [0, 0.05) is 0 Å². The van der Waals surface area contributed by atoms with E-state index in [1.807, 2.05) is 89.9 Å². The SMILES string of the molecule is N#Cc1ccc(N(Nc2ccccc2)c2ccccc2)cc1. The Kier molecular flexibility index (Phi) is 4.03. The van der Waals surface area contributed by atoms with Gasteiger partial charge in [-0.1, -0.05) is 36.4 Å². The summed E-state index contributed by atoms with van der Waals surface area (Å²) < 4.78 is 0. The quantitative estimate of drug-likeness (QED) is 0.705. The molecule has 0 amide bonds. The fraction of sp³-hybridized carbons (Fsp3) is 0. The van der Waals surface area contributed by atoms with Gasteiger partial charge in [-0.05, 0) is 48.5 Å². The van der Waals surface area contributed by atoms with Gasteiger partial charge in [-0.3, -0.25) is 10.4 Å². The molecule has 0 atom stereocenters. The van der Waals surface area contributed by atoms with E-state index < -0.39 is 0 Å². The number of benzene rings is 3. The molecule has 106 valence electrons. The van der Waals surface area contributed by atoms with Crippen LogP contribution in [0, 0.1) is 11.3 Å². The summed E-state index contributed by atoms with van der Waals surface area (Å²) in [5.41, 5.74) is 7.04.